The molecule has 1 aromatic heterocycles. The molecule has 17 heavy (non-hydrogen) atoms. The summed E-state index contributed by atoms with van der Waals surface area (Å²) in [7, 11) is 1.67. The highest BCUT2D eigenvalue weighted by molar-refractivity contribution is 5.57. The summed E-state index contributed by atoms with van der Waals surface area (Å²) in [5, 5.41) is 3.32. The molecule has 2 rings (SSSR count). The summed E-state index contributed by atoms with van der Waals surface area (Å²) >= 11 is 0. The molecule has 0 saturated carbocycles. The SMILES string of the molecule is COc1ccc(C)cc1NCc1ccc(C)o1. The topological polar surface area (TPSA) is 34.4 Å². The average Bonchev–Trinajstić information content (AvgIpc) is 2.73. The van der Waals surface area contributed by atoms with Crippen molar-refractivity contribution in [3.63, 3.8) is 0 Å². The van der Waals surface area contributed by atoms with E-state index in [0.29, 0.717) is 6.54 Å². The smallest absolute Gasteiger partial charge is 0.141 e. The number of nitrogens with one attached hydrogen (secondary N) is 1. The number of ether oxygens (including phenoxy) is 1. The van der Waals surface area contributed by atoms with E-state index in [1.165, 1.54) is 5.56 Å². The number of aryl methyl sites for hydroxylation is 2. The van der Waals surface area contributed by atoms with Crippen molar-refractivity contribution in [1.29, 1.82) is 0 Å². The molecule has 0 atom stereocenters. The zero-order valence-electron chi connectivity index (χ0n) is 10.4. The molecule has 0 aliphatic carbocycles. The van der Waals surface area contributed by atoms with Crippen molar-refractivity contribution >= 4 is 5.69 Å². The fourth-order valence-electron chi connectivity index (χ4n) is 1.72. The second-order valence-electron chi connectivity index (χ2n) is 4.07. The lowest BCUT2D eigenvalue weighted by molar-refractivity contribution is 0.416. The fourth-order valence-corrected chi connectivity index (χ4v) is 1.72. The van der Waals surface area contributed by atoms with E-state index >= 15 is 0 Å². The third kappa shape index (κ3) is 2.81. The van der Waals surface area contributed by atoms with Crippen LogP contribution in [0, 0.1) is 13.8 Å². The van der Waals surface area contributed by atoms with Crippen LogP contribution in [0.25, 0.3) is 0 Å². The third-order valence-corrected chi connectivity index (χ3v) is 2.60. The van der Waals surface area contributed by atoms with E-state index in [-0.39, 0.29) is 0 Å². The minimum atomic E-state index is 0.660. The van der Waals surface area contributed by atoms with E-state index in [1.807, 2.05) is 31.2 Å². The summed E-state index contributed by atoms with van der Waals surface area (Å²) < 4.78 is 10.8. The first kappa shape index (κ1) is 11.6. The highest BCUT2D eigenvalue weighted by atomic mass is 16.5. The van der Waals surface area contributed by atoms with E-state index in [1.54, 1.807) is 7.11 Å². The molecule has 3 heteroatoms. The van der Waals surface area contributed by atoms with Crippen molar-refractivity contribution in [2.24, 2.45) is 0 Å². The lowest BCUT2D eigenvalue weighted by Gasteiger charge is -2.10. The number of rotatable bonds is 4. The van der Waals surface area contributed by atoms with E-state index in [0.717, 1.165) is 23.0 Å². The Morgan fingerprint density at radius 2 is 2.00 bits per heavy atom. The van der Waals surface area contributed by atoms with Gasteiger partial charge in [0.2, 0.25) is 0 Å². The molecule has 0 unspecified atom stereocenters. The molecular formula is C14H17NO2. The lowest BCUT2D eigenvalue weighted by Crippen LogP contribution is -2.00. The Balaban J connectivity index is 2.10. The monoisotopic (exact) mass is 231 g/mol. The number of anilines is 1. The summed E-state index contributed by atoms with van der Waals surface area (Å²) in [6.45, 7) is 4.66. The number of methoxy groups -OCH3 is 1. The first-order valence-corrected chi connectivity index (χ1v) is 5.63. The molecule has 0 saturated heterocycles. The summed E-state index contributed by atoms with van der Waals surface area (Å²) in [6, 6.07) is 10.00. The molecule has 90 valence electrons. The Labute approximate surface area is 101 Å². The van der Waals surface area contributed by atoms with Gasteiger partial charge in [-0.05, 0) is 43.7 Å². The van der Waals surface area contributed by atoms with Crippen molar-refractivity contribution in [2.75, 3.05) is 12.4 Å². The molecule has 0 amide bonds. The van der Waals surface area contributed by atoms with Crippen LogP contribution in [-0.2, 0) is 6.54 Å². The van der Waals surface area contributed by atoms with Crippen LogP contribution in [0.3, 0.4) is 0 Å². The van der Waals surface area contributed by atoms with Gasteiger partial charge < -0.3 is 14.5 Å². The molecular weight excluding hydrogens is 214 g/mol. The fraction of sp³-hybridized carbons (Fsp3) is 0.286. The predicted octanol–water partition coefficient (Wildman–Crippen LogP) is 3.52. The molecule has 2 aromatic rings. The van der Waals surface area contributed by atoms with Crippen molar-refractivity contribution in [3.8, 4) is 5.75 Å². The summed E-state index contributed by atoms with van der Waals surface area (Å²) in [4.78, 5) is 0. The third-order valence-electron chi connectivity index (χ3n) is 2.60. The van der Waals surface area contributed by atoms with Crippen molar-refractivity contribution in [2.45, 2.75) is 20.4 Å². The molecule has 0 aliphatic rings. The largest absolute Gasteiger partial charge is 0.495 e. The maximum absolute atomic E-state index is 5.51. The average molecular weight is 231 g/mol. The zero-order valence-corrected chi connectivity index (χ0v) is 10.4. The van der Waals surface area contributed by atoms with Crippen LogP contribution >= 0.6 is 0 Å². The minimum Gasteiger partial charge on any atom is -0.495 e. The van der Waals surface area contributed by atoms with Gasteiger partial charge in [-0.1, -0.05) is 6.07 Å². The van der Waals surface area contributed by atoms with E-state index in [9.17, 15) is 0 Å². The molecule has 0 bridgehead atoms. The summed E-state index contributed by atoms with van der Waals surface area (Å²) in [5.74, 6) is 2.70. The Morgan fingerprint density at radius 1 is 1.18 bits per heavy atom. The van der Waals surface area contributed by atoms with Gasteiger partial charge in [-0.2, -0.15) is 0 Å². The van der Waals surface area contributed by atoms with Crippen molar-refractivity contribution in [1.82, 2.24) is 0 Å². The van der Waals surface area contributed by atoms with Gasteiger partial charge in [-0.25, -0.2) is 0 Å². The van der Waals surface area contributed by atoms with E-state index in [2.05, 4.69) is 18.3 Å². The van der Waals surface area contributed by atoms with Crippen LogP contribution in [0.1, 0.15) is 17.1 Å². The lowest BCUT2D eigenvalue weighted by atomic mass is 10.2. The van der Waals surface area contributed by atoms with Gasteiger partial charge >= 0.3 is 0 Å². The molecule has 3 nitrogen and oxygen atoms in total. The molecule has 0 aliphatic heterocycles. The number of furan rings is 1. The predicted molar refractivity (Wildman–Crippen MR) is 68.5 cm³/mol. The standard InChI is InChI=1S/C14H17NO2/c1-10-4-7-14(16-3)13(8-10)15-9-12-6-5-11(2)17-12/h4-8,15H,9H2,1-3H3. The zero-order chi connectivity index (χ0) is 12.3. The molecule has 1 heterocycles. The molecule has 0 spiro atoms. The first-order valence-electron chi connectivity index (χ1n) is 5.63. The normalized spacial score (nSPS) is 10.3. The van der Waals surface area contributed by atoms with Gasteiger partial charge in [-0.15, -0.1) is 0 Å². The van der Waals surface area contributed by atoms with Gasteiger partial charge in [0.25, 0.3) is 0 Å². The van der Waals surface area contributed by atoms with Crippen molar-refractivity contribution < 1.29 is 9.15 Å². The Kier molecular flexibility index (Phi) is 3.38. The number of benzene rings is 1. The van der Waals surface area contributed by atoms with Gasteiger partial charge in [-0.3, -0.25) is 0 Å². The molecule has 0 radical (unpaired) electrons. The Morgan fingerprint density at radius 3 is 2.65 bits per heavy atom. The van der Waals surface area contributed by atoms with Crippen LogP contribution in [0.2, 0.25) is 0 Å². The van der Waals surface area contributed by atoms with Crippen LogP contribution in [0.4, 0.5) is 5.69 Å². The summed E-state index contributed by atoms with van der Waals surface area (Å²) in [5.41, 5.74) is 2.19. The maximum Gasteiger partial charge on any atom is 0.141 e. The van der Waals surface area contributed by atoms with Gasteiger partial charge in [0.1, 0.15) is 17.3 Å². The van der Waals surface area contributed by atoms with Crippen molar-refractivity contribution in [3.05, 3.63) is 47.4 Å². The molecule has 1 aromatic carbocycles. The van der Waals surface area contributed by atoms with Crippen LogP contribution in [0.5, 0.6) is 5.75 Å². The minimum absolute atomic E-state index is 0.660. The second-order valence-corrected chi connectivity index (χ2v) is 4.07. The van der Waals surface area contributed by atoms with E-state index < -0.39 is 0 Å². The van der Waals surface area contributed by atoms with Crippen LogP contribution in [-0.4, -0.2) is 7.11 Å². The Bertz CT molecular complexity index is 503. The quantitative estimate of drug-likeness (QED) is 0.874. The maximum atomic E-state index is 5.51. The highest BCUT2D eigenvalue weighted by Gasteiger charge is 2.04. The van der Waals surface area contributed by atoms with Gasteiger partial charge in [0.05, 0.1) is 19.3 Å². The number of hydrogen-bond acceptors (Lipinski definition) is 3. The Hall–Kier alpha value is -1.90. The highest BCUT2D eigenvalue weighted by Crippen LogP contribution is 2.25. The second kappa shape index (κ2) is 4.95. The van der Waals surface area contributed by atoms with Gasteiger partial charge in [0.15, 0.2) is 0 Å². The van der Waals surface area contributed by atoms with Crippen LogP contribution in [0.15, 0.2) is 34.7 Å². The molecule has 0 fully saturated rings. The molecule has 1 N–H and O–H groups in total. The van der Waals surface area contributed by atoms with Gasteiger partial charge in [0, 0.05) is 0 Å². The summed E-state index contributed by atoms with van der Waals surface area (Å²) in [6.07, 6.45) is 0. The van der Waals surface area contributed by atoms with E-state index in [4.69, 9.17) is 9.15 Å². The van der Waals surface area contributed by atoms with Crippen LogP contribution < -0.4 is 10.1 Å². The number of hydrogen-bond donors (Lipinski definition) is 1. The first-order chi connectivity index (χ1) is 8.19.